The number of carbonyl (C=O) groups is 1. The molecule has 0 heterocycles. The highest BCUT2D eigenvalue weighted by atomic mass is 16.5. The number of ether oxygens (including phenoxy) is 1. The second-order valence-corrected chi connectivity index (χ2v) is 3.90. The highest BCUT2D eigenvalue weighted by Crippen LogP contribution is 2.21. The number of fused-ring (bicyclic) bond motifs is 1. The summed E-state index contributed by atoms with van der Waals surface area (Å²) < 4.78 is 5.17. The first-order valence-electron chi connectivity index (χ1n) is 5.56. The molecule has 0 bridgehead atoms. The van der Waals surface area contributed by atoms with Crippen LogP contribution >= 0.6 is 0 Å². The average molecular weight is 242 g/mol. The van der Waals surface area contributed by atoms with Gasteiger partial charge in [-0.05, 0) is 34.5 Å². The molecule has 0 atom stereocenters. The Kier molecular flexibility index (Phi) is 3.57. The van der Waals surface area contributed by atoms with E-state index in [1.165, 1.54) is 6.92 Å². The monoisotopic (exact) mass is 242 g/mol. The third kappa shape index (κ3) is 2.85. The van der Waals surface area contributed by atoms with Gasteiger partial charge in [0.05, 0.1) is 13.3 Å². The molecular formula is C14H14N2O2. The predicted octanol–water partition coefficient (Wildman–Crippen LogP) is 2.32. The molecule has 1 amide bonds. The van der Waals surface area contributed by atoms with Crippen molar-refractivity contribution in [3.63, 3.8) is 0 Å². The molecule has 0 saturated heterocycles. The van der Waals surface area contributed by atoms with Gasteiger partial charge in [0.25, 0.3) is 0 Å². The third-order valence-electron chi connectivity index (χ3n) is 2.51. The van der Waals surface area contributed by atoms with Gasteiger partial charge in [0, 0.05) is 6.92 Å². The summed E-state index contributed by atoms with van der Waals surface area (Å²) in [5.74, 6) is 0.652. The van der Waals surface area contributed by atoms with E-state index in [0.29, 0.717) is 0 Å². The minimum atomic E-state index is -0.184. The predicted molar refractivity (Wildman–Crippen MR) is 71.9 cm³/mol. The van der Waals surface area contributed by atoms with Crippen LogP contribution in [0.5, 0.6) is 5.75 Å². The molecular weight excluding hydrogens is 228 g/mol. The van der Waals surface area contributed by atoms with Crippen LogP contribution < -0.4 is 10.2 Å². The average Bonchev–Trinajstić information content (AvgIpc) is 2.37. The lowest BCUT2D eigenvalue weighted by atomic mass is 10.1. The van der Waals surface area contributed by atoms with E-state index in [2.05, 4.69) is 10.5 Å². The Morgan fingerprint density at radius 1 is 1.22 bits per heavy atom. The van der Waals surface area contributed by atoms with Gasteiger partial charge in [-0.2, -0.15) is 5.10 Å². The maximum atomic E-state index is 10.7. The molecule has 4 nitrogen and oxygen atoms in total. The van der Waals surface area contributed by atoms with Crippen LogP contribution in [0.15, 0.2) is 41.5 Å². The number of nitrogens with zero attached hydrogens (tertiary/aromatic N) is 1. The summed E-state index contributed by atoms with van der Waals surface area (Å²) in [5.41, 5.74) is 3.30. The molecule has 92 valence electrons. The Morgan fingerprint density at radius 2 is 1.94 bits per heavy atom. The van der Waals surface area contributed by atoms with E-state index in [9.17, 15) is 4.79 Å². The Hall–Kier alpha value is -2.36. The van der Waals surface area contributed by atoms with E-state index in [1.807, 2.05) is 36.4 Å². The standard InChI is InChI=1S/C14H14N2O2/c1-10(17)16-15-9-11-3-4-13-8-14(18-2)6-5-12(13)7-11/h3-9H,1-2H3,(H,16,17)/b15-9-. The van der Waals surface area contributed by atoms with Gasteiger partial charge in [-0.25, -0.2) is 5.43 Å². The third-order valence-corrected chi connectivity index (χ3v) is 2.51. The first-order valence-corrected chi connectivity index (χ1v) is 5.56. The fourth-order valence-corrected chi connectivity index (χ4v) is 1.65. The number of nitrogens with one attached hydrogen (secondary N) is 1. The van der Waals surface area contributed by atoms with Crippen LogP contribution in [0.3, 0.4) is 0 Å². The molecule has 4 heteroatoms. The van der Waals surface area contributed by atoms with Gasteiger partial charge in [0.1, 0.15) is 5.75 Å². The summed E-state index contributed by atoms with van der Waals surface area (Å²) in [4.78, 5) is 10.7. The smallest absolute Gasteiger partial charge is 0.236 e. The van der Waals surface area contributed by atoms with Gasteiger partial charge >= 0.3 is 0 Å². The van der Waals surface area contributed by atoms with Gasteiger partial charge in [-0.3, -0.25) is 4.79 Å². The van der Waals surface area contributed by atoms with Crippen LogP contribution in [0.4, 0.5) is 0 Å². The number of amides is 1. The van der Waals surface area contributed by atoms with Crippen molar-refractivity contribution in [2.75, 3.05) is 7.11 Å². The van der Waals surface area contributed by atoms with E-state index in [4.69, 9.17) is 4.74 Å². The molecule has 1 N–H and O–H groups in total. The fourth-order valence-electron chi connectivity index (χ4n) is 1.65. The summed E-state index contributed by atoms with van der Waals surface area (Å²) >= 11 is 0. The zero-order valence-corrected chi connectivity index (χ0v) is 10.3. The van der Waals surface area contributed by atoms with Gasteiger partial charge in [0.15, 0.2) is 0 Å². The molecule has 0 aliphatic heterocycles. The number of hydrazone groups is 1. The van der Waals surface area contributed by atoms with Gasteiger partial charge in [-0.15, -0.1) is 0 Å². The van der Waals surface area contributed by atoms with E-state index < -0.39 is 0 Å². The normalized spacial score (nSPS) is 10.8. The van der Waals surface area contributed by atoms with Crippen molar-refractivity contribution in [1.29, 1.82) is 0 Å². The van der Waals surface area contributed by atoms with Crippen LogP contribution in [0, 0.1) is 0 Å². The van der Waals surface area contributed by atoms with E-state index in [0.717, 1.165) is 22.1 Å². The SMILES string of the molecule is COc1ccc2cc(/C=N\NC(C)=O)ccc2c1. The summed E-state index contributed by atoms with van der Waals surface area (Å²) in [5, 5.41) is 6.03. The minimum Gasteiger partial charge on any atom is -0.497 e. The summed E-state index contributed by atoms with van der Waals surface area (Å²) in [6.45, 7) is 1.42. The van der Waals surface area contributed by atoms with Crippen molar-refractivity contribution in [2.45, 2.75) is 6.92 Å². The molecule has 0 aliphatic rings. The number of benzene rings is 2. The van der Waals surface area contributed by atoms with Crippen LogP contribution in [0.2, 0.25) is 0 Å². The number of methoxy groups -OCH3 is 1. The first-order chi connectivity index (χ1) is 8.69. The molecule has 0 aliphatic carbocycles. The van der Waals surface area contributed by atoms with Gasteiger partial charge in [0.2, 0.25) is 5.91 Å². The van der Waals surface area contributed by atoms with Crippen molar-refractivity contribution in [2.24, 2.45) is 5.10 Å². The van der Waals surface area contributed by atoms with Gasteiger partial charge in [-0.1, -0.05) is 18.2 Å². The molecule has 0 aromatic heterocycles. The molecule has 0 spiro atoms. The maximum Gasteiger partial charge on any atom is 0.236 e. The van der Waals surface area contributed by atoms with Crippen molar-refractivity contribution in [1.82, 2.24) is 5.43 Å². The maximum absolute atomic E-state index is 10.7. The minimum absolute atomic E-state index is 0.184. The van der Waals surface area contributed by atoms with Crippen molar-refractivity contribution in [3.8, 4) is 5.75 Å². The van der Waals surface area contributed by atoms with Crippen molar-refractivity contribution >= 4 is 22.9 Å². The Labute approximate surface area is 105 Å². The highest BCUT2D eigenvalue weighted by Gasteiger charge is 1.97. The topological polar surface area (TPSA) is 50.7 Å². The molecule has 2 aromatic carbocycles. The quantitative estimate of drug-likeness (QED) is 0.663. The number of hydrogen-bond acceptors (Lipinski definition) is 3. The first kappa shape index (κ1) is 12.1. The second-order valence-electron chi connectivity index (χ2n) is 3.90. The number of carbonyl (C=O) groups excluding carboxylic acids is 1. The van der Waals surface area contributed by atoms with Crippen molar-refractivity contribution in [3.05, 3.63) is 42.0 Å². The summed E-state index contributed by atoms with van der Waals surface area (Å²) in [6.07, 6.45) is 1.62. The zero-order chi connectivity index (χ0) is 13.0. The van der Waals surface area contributed by atoms with E-state index >= 15 is 0 Å². The fraction of sp³-hybridized carbons (Fsp3) is 0.143. The number of hydrogen-bond donors (Lipinski definition) is 1. The largest absolute Gasteiger partial charge is 0.497 e. The molecule has 0 unspecified atom stereocenters. The molecule has 0 fully saturated rings. The Bertz CT molecular complexity index is 606. The lowest BCUT2D eigenvalue weighted by molar-refractivity contribution is -0.118. The molecule has 2 aromatic rings. The number of rotatable bonds is 3. The lowest BCUT2D eigenvalue weighted by Crippen LogP contribution is -2.12. The molecule has 0 radical (unpaired) electrons. The zero-order valence-electron chi connectivity index (χ0n) is 10.3. The Morgan fingerprint density at radius 3 is 2.67 bits per heavy atom. The van der Waals surface area contributed by atoms with E-state index in [-0.39, 0.29) is 5.91 Å². The second kappa shape index (κ2) is 5.31. The van der Waals surface area contributed by atoms with E-state index in [1.54, 1.807) is 13.3 Å². The molecule has 2 rings (SSSR count). The summed E-state index contributed by atoms with van der Waals surface area (Å²) in [6, 6.07) is 11.8. The van der Waals surface area contributed by atoms with Crippen LogP contribution in [-0.2, 0) is 4.79 Å². The van der Waals surface area contributed by atoms with Crippen LogP contribution in [-0.4, -0.2) is 19.2 Å². The molecule has 0 saturated carbocycles. The highest BCUT2D eigenvalue weighted by molar-refractivity contribution is 5.91. The Balaban J connectivity index is 2.27. The van der Waals surface area contributed by atoms with Crippen LogP contribution in [0.25, 0.3) is 10.8 Å². The molecule has 18 heavy (non-hydrogen) atoms. The van der Waals surface area contributed by atoms with Crippen molar-refractivity contribution < 1.29 is 9.53 Å². The van der Waals surface area contributed by atoms with Gasteiger partial charge < -0.3 is 4.74 Å². The van der Waals surface area contributed by atoms with Crippen LogP contribution in [0.1, 0.15) is 12.5 Å². The lowest BCUT2D eigenvalue weighted by Gasteiger charge is -2.03. The summed E-state index contributed by atoms with van der Waals surface area (Å²) in [7, 11) is 1.65.